The van der Waals surface area contributed by atoms with Gasteiger partial charge in [0.05, 0.1) is 22.2 Å². The third-order valence-corrected chi connectivity index (χ3v) is 6.47. The van der Waals surface area contributed by atoms with Gasteiger partial charge in [-0.2, -0.15) is 0 Å². The van der Waals surface area contributed by atoms with Gasteiger partial charge in [-0.05, 0) is 48.9 Å². The second kappa shape index (κ2) is 10.1. The molecule has 0 radical (unpaired) electrons. The molecule has 2 aromatic carbocycles. The summed E-state index contributed by atoms with van der Waals surface area (Å²) < 4.78 is 26.3. The van der Waals surface area contributed by atoms with Gasteiger partial charge >= 0.3 is 0 Å². The second-order valence-electron chi connectivity index (χ2n) is 6.23. The van der Waals surface area contributed by atoms with Crippen LogP contribution in [0.4, 0.5) is 11.4 Å². The maximum atomic E-state index is 12.5. The van der Waals surface area contributed by atoms with Crippen LogP contribution < -0.4 is 10.6 Å². The van der Waals surface area contributed by atoms with Gasteiger partial charge in [-0.1, -0.05) is 36.5 Å². The summed E-state index contributed by atoms with van der Waals surface area (Å²) in [6, 6.07) is 11.1. The number of anilines is 2. The smallest absolute Gasteiger partial charge is 0.243 e. The number of sulfonamides is 1. The van der Waals surface area contributed by atoms with Crippen LogP contribution in [0.25, 0.3) is 0 Å². The fraction of sp³-hybridized carbons (Fsp3) is 0.316. The van der Waals surface area contributed by atoms with Gasteiger partial charge in [0.1, 0.15) is 0 Å². The molecule has 2 N–H and O–H groups in total. The molecule has 0 aliphatic carbocycles. The maximum absolute atomic E-state index is 12.5. The molecular weight excluding hydrogens is 421 g/mol. The van der Waals surface area contributed by atoms with Gasteiger partial charge in [0.15, 0.2) is 0 Å². The molecule has 0 aliphatic heterocycles. The average molecular weight is 444 g/mol. The van der Waals surface area contributed by atoms with E-state index in [9.17, 15) is 13.2 Å². The molecule has 152 valence electrons. The monoisotopic (exact) mass is 443 g/mol. The molecule has 28 heavy (non-hydrogen) atoms. The van der Waals surface area contributed by atoms with Crippen molar-refractivity contribution in [3.8, 4) is 0 Å². The van der Waals surface area contributed by atoms with E-state index < -0.39 is 10.0 Å². The summed E-state index contributed by atoms with van der Waals surface area (Å²) in [6.07, 6.45) is 1.73. The van der Waals surface area contributed by atoms with Crippen molar-refractivity contribution >= 4 is 50.5 Å². The lowest BCUT2D eigenvalue weighted by Gasteiger charge is -2.17. The highest BCUT2D eigenvalue weighted by Gasteiger charge is 2.19. The van der Waals surface area contributed by atoms with Crippen molar-refractivity contribution < 1.29 is 13.2 Å². The minimum Gasteiger partial charge on any atom is -0.376 e. The minimum atomic E-state index is -3.51. The summed E-state index contributed by atoms with van der Waals surface area (Å²) in [7, 11) is -1.93. The molecule has 2 aromatic rings. The van der Waals surface area contributed by atoms with Crippen LogP contribution in [-0.2, 0) is 14.8 Å². The Kier molecular flexibility index (Phi) is 8.12. The number of amides is 1. The number of benzene rings is 2. The van der Waals surface area contributed by atoms with Crippen molar-refractivity contribution in [1.82, 2.24) is 4.31 Å². The van der Waals surface area contributed by atoms with E-state index in [1.807, 2.05) is 6.92 Å². The summed E-state index contributed by atoms with van der Waals surface area (Å²) in [5.41, 5.74) is 1.10. The second-order valence-corrected chi connectivity index (χ2v) is 9.12. The average Bonchev–Trinajstić information content (AvgIpc) is 2.67. The Morgan fingerprint density at radius 2 is 1.79 bits per heavy atom. The third-order valence-electron chi connectivity index (χ3n) is 4.05. The van der Waals surface area contributed by atoms with E-state index in [4.69, 9.17) is 23.2 Å². The topological polar surface area (TPSA) is 78.5 Å². The Labute approximate surface area is 175 Å². The molecule has 0 heterocycles. The Balaban J connectivity index is 1.94. The number of nitrogens with zero attached hydrogens (tertiary/aromatic N) is 1. The van der Waals surface area contributed by atoms with E-state index in [1.165, 1.54) is 16.4 Å². The van der Waals surface area contributed by atoms with Gasteiger partial charge in [0, 0.05) is 24.3 Å². The van der Waals surface area contributed by atoms with E-state index in [-0.39, 0.29) is 17.3 Å². The van der Waals surface area contributed by atoms with Crippen LogP contribution in [0.3, 0.4) is 0 Å². The standard InChI is InChI=1S/C19H23Cl2N3O3S/c1-3-4-11-24(2)28(26,27)16-8-6-15(7-9-16)22-13-19(25)23-18-10-5-14(20)12-17(18)21/h5-10,12,22H,3-4,11,13H2,1-2H3,(H,23,25). The highest BCUT2D eigenvalue weighted by atomic mass is 35.5. The first-order valence-electron chi connectivity index (χ1n) is 8.79. The molecule has 0 aliphatic rings. The van der Waals surface area contributed by atoms with Gasteiger partial charge in [0.25, 0.3) is 0 Å². The van der Waals surface area contributed by atoms with Gasteiger partial charge in [-0.3, -0.25) is 4.79 Å². The maximum Gasteiger partial charge on any atom is 0.243 e. The van der Waals surface area contributed by atoms with Crippen molar-refractivity contribution in [1.29, 1.82) is 0 Å². The summed E-state index contributed by atoms with van der Waals surface area (Å²) in [6.45, 7) is 2.49. The summed E-state index contributed by atoms with van der Waals surface area (Å²) in [5.74, 6) is -0.291. The quantitative estimate of drug-likeness (QED) is 0.599. The predicted octanol–water partition coefficient (Wildman–Crippen LogP) is 4.46. The van der Waals surface area contributed by atoms with Gasteiger partial charge in [-0.25, -0.2) is 12.7 Å². The Morgan fingerprint density at radius 1 is 1.11 bits per heavy atom. The normalized spacial score (nSPS) is 11.5. The SMILES string of the molecule is CCCCN(C)S(=O)(=O)c1ccc(NCC(=O)Nc2ccc(Cl)cc2Cl)cc1. The van der Waals surface area contributed by atoms with Crippen molar-refractivity contribution in [2.45, 2.75) is 24.7 Å². The molecule has 0 fully saturated rings. The van der Waals surface area contributed by atoms with E-state index in [0.717, 1.165) is 12.8 Å². The van der Waals surface area contributed by atoms with Gasteiger partial charge in [-0.15, -0.1) is 0 Å². The molecule has 2 rings (SSSR count). The third kappa shape index (κ3) is 6.10. The summed E-state index contributed by atoms with van der Waals surface area (Å²) >= 11 is 11.9. The van der Waals surface area contributed by atoms with Crippen molar-refractivity contribution in [2.75, 3.05) is 30.8 Å². The zero-order valence-corrected chi connectivity index (χ0v) is 18.0. The van der Waals surface area contributed by atoms with Crippen molar-refractivity contribution in [2.24, 2.45) is 0 Å². The predicted molar refractivity (Wildman–Crippen MR) is 115 cm³/mol. The highest BCUT2D eigenvalue weighted by molar-refractivity contribution is 7.89. The summed E-state index contributed by atoms with van der Waals surface area (Å²) in [5, 5.41) is 6.46. The molecule has 0 spiro atoms. The molecular formula is C19H23Cl2N3O3S. The van der Waals surface area contributed by atoms with E-state index in [0.29, 0.717) is 28.0 Å². The van der Waals surface area contributed by atoms with Crippen LogP contribution in [0.5, 0.6) is 0 Å². The molecule has 0 atom stereocenters. The first kappa shape index (κ1) is 22.5. The van der Waals surface area contributed by atoms with E-state index >= 15 is 0 Å². The Morgan fingerprint density at radius 3 is 2.39 bits per heavy atom. The highest BCUT2D eigenvalue weighted by Crippen LogP contribution is 2.25. The minimum absolute atomic E-state index is 0.00144. The van der Waals surface area contributed by atoms with Crippen LogP contribution in [0.15, 0.2) is 47.4 Å². The molecule has 0 saturated heterocycles. The lowest BCUT2D eigenvalue weighted by molar-refractivity contribution is -0.114. The molecule has 0 aromatic heterocycles. The molecule has 1 amide bonds. The lowest BCUT2D eigenvalue weighted by Crippen LogP contribution is -2.28. The fourth-order valence-corrected chi connectivity index (χ4v) is 4.06. The first-order valence-corrected chi connectivity index (χ1v) is 11.0. The number of rotatable bonds is 9. The lowest BCUT2D eigenvalue weighted by atomic mass is 10.3. The van der Waals surface area contributed by atoms with E-state index in [1.54, 1.807) is 37.4 Å². The number of carbonyl (C=O) groups is 1. The molecule has 0 bridgehead atoms. The van der Waals surface area contributed by atoms with Crippen LogP contribution in [0.2, 0.25) is 10.0 Å². The van der Waals surface area contributed by atoms with Crippen LogP contribution in [-0.4, -0.2) is 38.8 Å². The fourth-order valence-electron chi connectivity index (χ4n) is 2.39. The Bertz CT molecular complexity index is 919. The number of hydrogen-bond acceptors (Lipinski definition) is 4. The largest absolute Gasteiger partial charge is 0.376 e. The van der Waals surface area contributed by atoms with E-state index in [2.05, 4.69) is 10.6 Å². The number of hydrogen-bond donors (Lipinski definition) is 2. The zero-order chi connectivity index (χ0) is 20.7. The number of carbonyl (C=O) groups excluding carboxylic acids is 1. The number of unbranched alkanes of at least 4 members (excludes halogenated alkanes) is 1. The molecule has 0 unspecified atom stereocenters. The van der Waals surface area contributed by atoms with Crippen LogP contribution in [0.1, 0.15) is 19.8 Å². The van der Waals surface area contributed by atoms with Gasteiger partial charge < -0.3 is 10.6 Å². The van der Waals surface area contributed by atoms with Crippen LogP contribution in [0, 0.1) is 0 Å². The number of nitrogens with one attached hydrogen (secondary N) is 2. The first-order chi connectivity index (χ1) is 13.2. The zero-order valence-electron chi connectivity index (χ0n) is 15.7. The van der Waals surface area contributed by atoms with Crippen molar-refractivity contribution in [3.63, 3.8) is 0 Å². The summed E-state index contributed by atoms with van der Waals surface area (Å²) in [4.78, 5) is 12.3. The van der Waals surface area contributed by atoms with Crippen LogP contribution >= 0.6 is 23.2 Å². The number of halogens is 2. The van der Waals surface area contributed by atoms with Gasteiger partial charge in [0.2, 0.25) is 15.9 Å². The molecule has 6 nitrogen and oxygen atoms in total. The molecule has 9 heteroatoms. The molecule has 0 saturated carbocycles. The Hall–Kier alpha value is -1.80. The van der Waals surface area contributed by atoms with Crippen molar-refractivity contribution in [3.05, 3.63) is 52.5 Å².